The van der Waals surface area contributed by atoms with E-state index in [1.54, 1.807) is 18.2 Å². The summed E-state index contributed by atoms with van der Waals surface area (Å²) in [5.74, 6) is -1.09. The summed E-state index contributed by atoms with van der Waals surface area (Å²) < 4.78 is 4.41. The SMILES string of the molecule is COC(=O)C=C(C)N=NC(=O)c1cccc(Cl)c1. The van der Waals surface area contributed by atoms with Crippen molar-refractivity contribution in [1.29, 1.82) is 0 Å². The second kappa shape index (κ2) is 6.66. The highest BCUT2D eigenvalue weighted by atomic mass is 35.5. The van der Waals surface area contributed by atoms with Crippen molar-refractivity contribution in [2.24, 2.45) is 10.2 Å². The molecule has 1 aromatic carbocycles. The molecule has 0 N–H and O–H groups in total. The number of carbonyl (C=O) groups excluding carboxylic acids is 2. The van der Waals surface area contributed by atoms with Gasteiger partial charge in [-0.15, -0.1) is 5.11 Å². The van der Waals surface area contributed by atoms with Gasteiger partial charge in [0.25, 0.3) is 5.91 Å². The van der Waals surface area contributed by atoms with Crippen molar-refractivity contribution in [2.45, 2.75) is 6.92 Å². The van der Waals surface area contributed by atoms with Crippen molar-refractivity contribution in [3.05, 3.63) is 46.6 Å². The zero-order valence-electron chi connectivity index (χ0n) is 9.88. The Labute approximate surface area is 109 Å². The van der Waals surface area contributed by atoms with Crippen LogP contribution in [0.4, 0.5) is 0 Å². The number of hydrogen-bond donors (Lipinski definition) is 0. The van der Waals surface area contributed by atoms with Crippen LogP contribution < -0.4 is 0 Å². The first-order valence-electron chi connectivity index (χ1n) is 5.01. The maximum atomic E-state index is 11.6. The lowest BCUT2D eigenvalue weighted by Gasteiger charge is -1.95. The van der Waals surface area contributed by atoms with E-state index in [1.165, 1.54) is 20.1 Å². The van der Waals surface area contributed by atoms with Gasteiger partial charge in [0.1, 0.15) is 0 Å². The van der Waals surface area contributed by atoms with Crippen molar-refractivity contribution in [2.75, 3.05) is 7.11 Å². The van der Waals surface area contributed by atoms with E-state index in [0.29, 0.717) is 10.6 Å². The molecule has 94 valence electrons. The van der Waals surface area contributed by atoms with E-state index in [-0.39, 0.29) is 5.70 Å². The number of rotatable bonds is 3. The average molecular weight is 267 g/mol. The van der Waals surface area contributed by atoms with Crippen molar-refractivity contribution in [3.63, 3.8) is 0 Å². The number of azo groups is 1. The van der Waals surface area contributed by atoms with Gasteiger partial charge >= 0.3 is 5.97 Å². The summed E-state index contributed by atoms with van der Waals surface area (Å²) in [6.07, 6.45) is 1.13. The maximum absolute atomic E-state index is 11.6. The molecule has 0 aliphatic heterocycles. The van der Waals surface area contributed by atoms with Gasteiger partial charge in [-0.3, -0.25) is 4.79 Å². The number of halogens is 1. The highest BCUT2D eigenvalue weighted by Gasteiger charge is 2.04. The van der Waals surface area contributed by atoms with E-state index >= 15 is 0 Å². The molecule has 0 atom stereocenters. The quantitative estimate of drug-likeness (QED) is 0.480. The Balaban J connectivity index is 2.76. The molecule has 0 fully saturated rings. The van der Waals surface area contributed by atoms with Gasteiger partial charge in [-0.25, -0.2) is 4.79 Å². The topological polar surface area (TPSA) is 68.1 Å². The number of carbonyl (C=O) groups is 2. The fourth-order valence-electron chi connectivity index (χ4n) is 1.06. The van der Waals surface area contributed by atoms with Crippen LogP contribution in [-0.2, 0) is 9.53 Å². The molecule has 18 heavy (non-hydrogen) atoms. The van der Waals surface area contributed by atoms with Crippen LogP contribution in [-0.4, -0.2) is 19.0 Å². The van der Waals surface area contributed by atoms with Crippen LogP contribution in [0.3, 0.4) is 0 Å². The van der Waals surface area contributed by atoms with Gasteiger partial charge in [-0.1, -0.05) is 17.7 Å². The summed E-state index contributed by atoms with van der Waals surface area (Å²) in [4.78, 5) is 22.5. The smallest absolute Gasteiger partial charge is 0.332 e. The highest BCUT2D eigenvalue weighted by Crippen LogP contribution is 2.12. The molecule has 1 rings (SSSR count). The van der Waals surface area contributed by atoms with E-state index in [9.17, 15) is 9.59 Å². The van der Waals surface area contributed by atoms with Crippen molar-refractivity contribution < 1.29 is 14.3 Å². The van der Waals surface area contributed by atoms with Crippen molar-refractivity contribution in [1.82, 2.24) is 0 Å². The molecule has 5 nitrogen and oxygen atoms in total. The van der Waals surface area contributed by atoms with E-state index < -0.39 is 11.9 Å². The number of hydrogen-bond acceptors (Lipinski definition) is 4. The predicted molar refractivity (Wildman–Crippen MR) is 66.4 cm³/mol. The second-order valence-electron chi connectivity index (χ2n) is 3.32. The molecule has 0 aliphatic carbocycles. The first-order chi connectivity index (χ1) is 8.52. The third-order valence-corrected chi connectivity index (χ3v) is 2.13. The minimum atomic E-state index is -0.554. The fourth-order valence-corrected chi connectivity index (χ4v) is 1.25. The normalized spacial score (nSPS) is 11.6. The van der Waals surface area contributed by atoms with Crippen molar-refractivity contribution >= 4 is 23.5 Å². The van der Waals surface area contributed by atoms with Crippen LogP contribution in [0, 0.1) is 0 Å². The molecule has 1 aromatic rings. The third-order valence-electron chi connectivity index (χ3n) is 1.90. The Hall–Kier alpha value is -2.01. The molecular weight excluding hydrogens is 256 g/mol. The molecule has 1 amide bonds. The monoisotopic (exact) mass is 266 g/mol. The largest absolute Gasteiger partial charge is 0.466 e. The Morgan fingerprint density at radius 2 is 2.06 bits per heavy atom. The molecule has 0 aromatic heterocycles. The molecule has 0 saturated heterocycles. The molecule has 0 aliphatic rings. The van der Waals surface area contributed by atoms with E-state index in [2.05, 4.69) is 15.0 Å². The maximum Gasteiger partial charge on any atom is 0.332 e. The van der Waals surface area contributed by atoms with Crippen molar-refractivity contribution in [3.8, 4) is 0 Å². The number of nitrogens with zero attached hydrogens (tertiary/aromatic N) is 2. The van der Waals surface area contributed by atoms with Crippen LogP contribution in [0.5, 0.6) is 0 Å². The minimum absolute atomic E-state index is 0.275. The first kappa shape index (κ1) is 14.1. The van der Waals surface area contributed by atoms with E-state index in [0.717, 1.165) is 6.08 Å². The van der Waals surface area contributed by atoms with Gasteiger partial charge in [0.2, 0.25) is 0 Å². The Morgan fingerprint density at radius 3 is 2.67 bits per heavy atom. The summed E-state index contributed by atoms with van der Waals surface area (Å²) in [7, 11) is 1.25. The van der Waals surface area contributed by atoms with Crippen LogP contribution in [0.25, 0.3) is 0 Å². The molecule has 0 saturated carbocycles. The zero-order valence-corrected chi connectivity index (χ0v) is 10.6. The Kier molecular flexibility index (Phi) is 5.20. The summed E-state index contributed by atoms with van der Waals surface area (Å²) in [5.41, 5.74) is 0.606. The molecule has 6 heteroatoms. The predicted octanol–water partition coefficient (Wildman–Crippen LogP) is 3.01. The van der Waals surface area contributed by atoms with Crippen LogP contribution >= 0.6 is 11.6 Å². The molecule has 0 heterocycles. The summed E-state index contributed by atoms with van der Waals surface area (Å²) >= 11 is 5.74. The Bertz CT molecular complexity index is 524. The lowest BCUT2D eigenvalue weighted by molar-refractivity contribution is -0.134. The zero-order chi connectivity index (χ0) is 13.5. The number of amides is 1. The van der Waals surface area contributed by atoms with Gasteiger partial charge in [-0.2, -0.15) is 5.11 Å². The highest BCUT2D eigenvalue weighted by molar-refractivity contribution is 6.30. The lowest BCUT2D eigenvalue weighted by atomic mass is 10.2. The first-order valence-corrected chi connectivity index (χ1v) is 5.38. The number of ether oxygens (including phenoxy) is 1. The molecule has 0 unspecified atom stereocenters. The molecular formula is C12H11ClN2O3. The Morgan fingerprint density at radius 1 is 1.33 bits per heavy atom. The minimum Gasteiger partial charge on any atom is -0.466 e. The van der Waals surface area contributed by atoms with Gasteiger partial charge < -0.3 is 4.74 Å². The number of methoxy groups -OCH3 is 1. The van der Waals surface area contributed by atoms with Gasteiger partial charge in [0.15, 0.2) is 0 Å². The van der Waals surface area contributed by atoms with Crippen LogP contribution in [0.1, 0.15) is 17.3 Å². The molecule has 0 spiro atoms. The number of esters is 1. The lowest BCUT2D eigenvalue weighted by Crippen LogP contribution is -1.96. The average Bonchev–Trinajstić information content (AvgIpc) is 2.35. The fraction of sp³-hybridized carbons (Fsp3) is 0.167. The van der Waals surface area contributed by atoms with Crippen LogP contribution in [0.15, 0.2) is 46.3 Å². The molecule has 0 radical (unpaired) electrons. The van der Waals surface area contributed by atoms with Gasteiger partial charge in [-0.05, 0) is 25.1 Å². The summed E-state index contributed by atoms with van der Waals surface area (Å²) in [6, 6.07) is 6.36. The molecule has 0 bridgehead atoms. The standard InChI is InChI=1S/C12H11ClN2O3/c1-8(6-11(16)18-2)14-15-12(17)9-4-3-5-10(13)7-9/h3-7H,1-2H3. The van der Waals surface area contributed by atoms with Gasteiger partial charge in [0, 0.05) is 16.7 Å². The number of allylic oxidation sites excluding steroid dienone is 1. The van der Waals surface area contributed by atoms with Gasteiger partial charge in [0.05, 0.1) is 12.8 Å². The second-order valence-corrected chi connectivity index (χ2v) is 3.76. The third kappa shape index (κ3) is 4.47. The van der Waals surface area contributed by atoms with E-state index in [4.69, 9.17) is 11.6 Å². The van der Waals surface area contributed by atoms with E-state index in [1.807, 2.05) is 0 Å². The van der Waals surface area contributed by atoms with Crippen LogP contribution in [0.2, 0.25) is 5.02 Å². The summed E-state index contributed by atoms with van der Waals surface area (Å²) in [6.45, 7) is 1.53. The number of benzene rings is 1. The summed E-state index contributed by atoms with van der Waals surface area (Å²) in [5, 5.41) is 7.53.